The van der Waals surface area contributed by atoms with Crippen molar-refractivity contribution < 1.29 is 18.4 Å². The van der Waals surface area contributed by atoms with Gasteiger partial charge in [-0.1, -0.05) is 6.07 Å². The lowest BCUT2D eigenvalue weighted by Crippen LogP contribution is -2.41. The predicted molar refractivity (Wildman–Crippen MR) is 75.9 cm³/mol. The monoisotopic (exact) mass is 278 g/mol. The van der Waals surface area contributed by atoms with Gasteiger partial charge in [0.2, 0.25) is 0 Å². The van der Waals surface area contributed by atoms with Crippen LogP contribution in [0, 0.1) is 5.82 Å². The van der Waals surface area contributed by atoms with Crippen LogP contribution >= 0.6 is 0 Å². The lowest BCUT2D eigenvalue weighted by molar-refractivity contribution is 0.00578. The standard InChI is InChI=1S/C15H20BFO3/c1-14(2)15(3,4)20-16(19-14)11-8-10-6-5-7-18-13(10)9-12(11)17/h8-9H,5-7H2,1-4H3. The van der Waals surface area contributed by atoms with Crippen molar-refractivity contribution in [3.8, 4) is 5.75 Å². The number of hydrogen-bond acceptors (Lipinski definition) is 3. The first kappa shape index (κ1) is 13.9. The molecule has 108 valence electrons. The Kier molecular flexibility index (Phi) is 3.10. The van der Waals surface area contributed by atoms with Crippen LogP contribution in [0.5, 0.6) is 5.75 Å². The van der Waals surface area contributed by atoms with Crippen LogP contribution in [0.2, 0.25) is 0 Å². The molecule has 2 aliphatic rings. The minimum atomic E-state index is -0.660. The second kappa shape index (κ2) is 4.47. The molecule has 0 saturated carbocycles. The Bertz CT molecular complexity index is 526. The normalized spacial score (nSPS) is 23.4. The Hall–Kier alpha value is -1.07. The lowest BCUT2D eigenvalue weighted by atomic mass is 9.77. The maximum absolute atomic E-state index is 14.3. The third-order valence-corrected chi connectivity index (χ3v) is 4.54. The quantitative estimate of drug-likeness (QED) is 0.738. The largest absolute Gasteiger partial charge is 0.497 e. The number of ether oxygens (including phenoxy) is 1. The average molecular weight is 278 g/mol. The van der Waals surface area contributed by atoms with Gasteiger partial charge in [-0.3, -0.25) is 0 Å². The van der Waals surface area contributed by atoms with E-state index in [4.69, 9.17) is 14.0 Å². The third kappa shape index (κ3) is 2.13. The molecule has 0 spiro atoms. The second-order valence-electron chi connectivity index (χ2n) is 6.52. The fraction of sp³-hybridized carbons (Fsp3) is 0.600. The summed E-state index contributed by atoms with van der Waals surface area (Å²) < 4.78 is 31.6. The number of halogens is 1. The molecule has 5 heteroatoms. The number of hydrogen-bond donors (Lipinski definition) is 0. The van der Waals surface area contributed by atoms with Gasteiger partial charge in [0.1, 0.15) is 11.6 Å². The number of benzene rings is 1. The van der Waals surface area contributed by atoms with E-state index >= 15 is 0 Å². The molecule has 0 bridgehead atoms. The molecule has 20 heavy (non-hydrogen) atoms. The molecule has 0 N–H and O–H groups in total. The fourth-order valence-corrected chi connectivity index (χ4v) is 2.54. The van der Waals surface area contributed by atoms with Gasteiger partial charge in [0.25, 0.3) is 0 Å². The van der Waals surface area contributed by atoms with Crippen molar-refractivity contribution >= 4 is 12.6 Å². The van der Waals surface area contributed by atoms with Crippen LogP contribution in [-0.2, 0) is 15.7 Å². The first-order chi connectivity index (χ1) is 9.30. The molecule has 3 nitrogen and oxygen atoms in total. The molecular weight excluding hydrogens is 258 g/mol. The highest BCUT2D eigenvalue weighted by molar-refractivity contribution is 6.62. The predicted octanol–water partition coefficient (Wildman–Crippen LogP) is 2.45. The van der Waals surface area contributed by atoms with E-state index in [1.165, 1.54) is 6.07 Å². The van der Waals surface area contributed by atoms with E-state index in [1.54, 1.807) is 0 Å². The van der Waals surface area contributed by atoms with Gasteiger partial charge in [0, 0.05) is 11.5 Å². The summed E-state index contributed by atoms with van der Waals surface area (Å²) in [6.07, 6.45) is 1.86. The van der Waals surface area contributed by atoms with Gasteiger partial charge in [-0.25, -0.2) is 4.39 Å². The van der Waals surface area contributed by atoms with Crippen LogP contribution in [0.25, 0.3) is 0 Å². The molecule has 0 aliphatic carbocycles. The molecule has 2 aliphatic heterocycles. The zero-order valence-electron chi connectivity index (χ0n) is 12.5. The van der Waals surface area contributed by atoms with Crippen LogP contribution in [0.3, 0.4) is 0 Å². The molecule has 0 atom stereocenters. The van der Waals surface area contributed by atoms with Gasteiger partial charge >= 0.3 is 7.12 Å². The topological polar surface area (TPSA) is 27.7 Å². The van der Waals surface area contributed by atoms with Crippen molar-refractivity contribution in [2.75, 3.05) is 6.61 Å². The molecule has 1 aromatic carbocycles. The number of rotatable bonds is 1. The first-order valence-corrected chi connectivity index (χ1v) is 7.11. The van der Waals surface area contributed by atoms with Crippen LogP contribution < -0.4 is 10.2 Å². The maximum Gasteiger partial charge on any atom is 0.497 e. The fourth-order valence-electron chi connectivity index (χ4n) is 2.54. The van der Waals surface area contributed by atoms with Crippen LogP contribution in [0.1, 0.15) is 39.7 Å². The van der Waals surface area contributed by atoms with Crippen LogP contribution in [-0.4, -0.2) is 24.9 Å². The van der Waals surface area contributed by atoms with E-state index < -0.39 is 18.3 Å². The SMILES string of the molecule is CC1(C)OB(c2cc3c(cc2F)OCCC3)OC1(C)C. The van der Waals surface area contributed by atoms with Gasteiger partial charge in [-0.05, 0) is 46.1 Å². The molecule has 1 aromatic rings. The molecule has 0 aromatic heterocycles. The molecule has 0 radical (unpaired) electrons. The summed E-state index contributed by atoms with van der Waals surface area (Å²) in [6.45, 7) is 8.51. The summed E-state index contributed by atoms with van der Waals surface area (Å²) in [6, 6.07) is 3.28. The maximum atomic E-state index is 14.3. The minimum Gasteiger partial charge on any atom is -0.493 e. The Labute approximate surface area is 119 Å². The van der Waals surface area contributed by atoms with Gasteiger partial charge in [-0.15, -0.1) is 0 Å². The summed E-state index contributed by atoms with van der Waals surface area (Å²) in [5.41, 5.74) is 0.572. The van der Waals surface area contributed by atoms with Crippen molar-refractivity contribution in [3.63, 3.8) is 0 Å². The van der Waals surface area contributed by atoms with Crippen molar-refractivity contribution in [3.05, 3.63) is 23.5 Å². The Morgan fingerprint density at radius 1 is 1.10 bits per heavy atom. The number of aryl methyl sites for hydroxylation is 1. The Balaban J connectivity index is 1.96. The first-order valence-electron chi connectivity index (χ1n) is 7.11. The van der Waals surface area contributed by atoms with E-state index in [-0.39, 0.29) is 5.82 Å². The molecule has 1 saturated heterocycles. The smallest absolute Gasteiger partial charge is 0.493 e. The van der Waals surface area contributed by atoms with E-state index in [9.17, 15) is 4.39 Å². The molecule has 0 unspecified atom stereocenters. The average Bonchev–Trinajstić information content (AvgIpc) is 2.57. The van der Waals surface area contributed by atoms with Gasteiger partial charge in [0.15, 0.2) is 0 Å². The second-order valence-corrected chi connectivity index (χ2v) is 6.52. The molecule has 1 fully saturated rings. The molecule has 2 heterocycles. The lowest BCUT2D eigenvalue weighted by Gasteiger charge is -2.32. The van der Waals surface area contributed by atoms with E-state index in [2.05, 4.69) is 0 Å². The summed E-state index contributed by atoms with van der Waals surface area (Å²) in [5.74, 6) is 0.318. The van der Waals surface area contributed by atoms with E-state index in [0.29, 0.717) is 17.8 Å². The summed E-state index contributed by atoms with van der Waals surface area (Å²) in [7, 11) is -0.660. The van der Waals surface area contributed by atoms with Crippen molar-refractivity contribution in [1.82, 2.24) is 0 Å². The zero-order chi connectivity index (χ0) is 14.5. The Morgan fingerprint density at radius 2 is 1.75 bits per heavy atom. The summed E-state index contributed by atoms with van der Waals surface area (Å²) in [4.78, 5) is 0. The van der Waals surface area contributed by atoms with Crippen LogP contribution in [0.4, 0.5) is 4.39 Å². The van der Waals surface area contributed by atoms with Crippen molar-refractivity contribution in [1.29, 1.82) is 0 Å². The molecular formula is C15H20BFO3. The van der Waals surface area contributed by atoms with Crippen LogP contribution in [0.15, 0.2) is 12.1 Å². The highest BCUT2D eigenvalue weighted by Crippen LogP contribution is 2.37. The minimum absolute atomic E-state index is 0.329. The molecule has 0 amide bonds. The zero-order valence-corrected chi connectivity index (χ0v) is 12.5. The van der Waals surface area contributed by atoms with E-state index in [1.807, 2.05) is 33.8 Å². The third-order valence-electron chi connectivity index (χ3n) is 4.54. The highest BCUT2D eigenvalue weighted by atomic mass is 19.1. The highest BCUT2D eigenvalue weighted by Gasteiger charge is 2.52. The van der Waals surface area contributed by atoms with Gasteiger partial charge < -0.3 is 14.0 Å². The van der Waals surface area contributed by atoms with Gasteiger partial charge in [-0.2, -0.15) is 0 Å². The summed E-state index contributed by atoms with van der Waals surface area (Å²) >= 11 is 0. The van der Waals surface area contributed by atoms with Crippen molar-refractivity contribution in [2.45, 2.75) is 51.7 Å². The van der Waals surface area contributed by atoms with Crippen molar-refractivity contribution in [2.24, 2.45) is 0 Å². The number of fused-ring (bicyclic) bond motifs is 1. The summed E-state index contributed by atoms with van der Waals surface area (Å²) in [5, 5.41) is 0. The Morgan fingerprint density at radius 3 is 2.40 bits per heavy atom. The van der Waals surface area contributed by atoms with E-state index in [0.717, 1.165) is 18.4 Å². The van der Waals surface area contributed by atoms with Gasteiger partial charge in [0.05, 0.1) is 17.8 Å². The molecule has 3 rings (SSSR count).